The number of carbonyl (C=O) groups is 2. The molecule has 4 rings (SSSR count). The SMILES string of the molecule is COc1ccc(N2C(=O)c3ccccc3C2CC(=O)OCc2ccccc2)cc1. The zero-order valence-corrected chi connectivity index (χ0v) is 16.1. The van der Waals surface area contributed by atoms with E-state index in [-0.39, 0.29) is 24.9 Å². The van der Waals surface area contributed by atoms with Crippen LogP contribution in [0.5, 0.6) is 5.75 Å². The van der Waals surface area contributed by atoms with E-state index in [1.54, 1.807) is 30.2 Å². The van der Waals surface area contributed by atoms with Crippen LogP contribution in [0.2, 0.25) is 0 Å². The third-order valence-electron chi connectivity index (χ3n) is 5.03. The van der Waals surface area contributed by atoms with E-state index in [1.165, 1.54) is 0 Å². The van der Waals surface area contributed by atoms with Gasteiger partial charge in [0.1, 0.15) is 12.4 Å². The Kier molecular flexibility index (Phi) is 5.29. The fraction of sp³-hybridized carbons (Fsp3) is 0.167. The number of hydrogen-bond donors (Lipinski definition) is 0. The van der Waals surface area contributed by atoms with E-state index < -0.39 is 6.04 Å². The van der Waals surface area contributed by atoms with Crippen molar-refractivity contribution in [2.75, 3.05) is 12.0 Å². The van der Waals surface area contributed by atoms with Gasteiger partial charge in [-0.15, -0.1) is 0 Å². The maximum absolute atomic E-state index is 13.1. The summed E-state index contributed by atoms with van der Waals surface area (Å²) in [5, 5.41) is 0. The van der Waals surface area contributed by atoms with Crippen LogP contribution in [-0.4, -0.2) is 19.0 Å². The number of nitrogens with zero attached hydrogens (tertiary/aromatic N) is 1. The Bertz CT molecular complexity index is 1010. The van der Waals surface area contributed by atoms with Gasteiger partial charge in [0.25, 0.3) is 5.91 Å². The average Bonchev–Trinajstić information content (AvgIpc) is 3.05. The fourth-order valence-corrected chi connectivity index (χ4v) is 3.59. The largest absolute Gasteiger partial charge is 0.497 e. The lowest BCUT2D eigenvalue weighted by atomic mass is 10.0. The minimum absolute atomic E-state index is 0.0849. The number of esters is 1. The molecule has 0 N–H and O–H groups in total. The molecule has 0 saturated heterocycles. The number of hydrogen-bond acceptors (Lipinski definition) is 4. The van der Waals surface area contributed by atoms with Crippen LogP contribution in [0.25, 0.3) is 0 Å². The monoisotopic (exact) mass is 387 g/mol. The molecule has 1 heterocycles. The second kappa shape index (κ2) is 8.19. The van der Waals surface area contributed by atoms with Gasteiger partial charge in [-0.1, -0.05) is 48.5 Å². The summed E-state index contributed by atoms with van der Waals surface area (Å²) in [6.45, 7) is 0.213. The number of methoxy groups -OCH3 is 1. The summed E-state index contributed by atoms with van der Waals surface area (Å²) in [5.41, 5.74) is 3.10. The molecule has 0 saturated carbocycles. The molecule has 146 valence electrons. The molecule has 5 heteroatoms. The van der Waals surface area contributed by atoms with Crippen LogP contribution in [0.4, 0.5) is 5.69 Å². The summed E-state index contributed by atoms with van der Waals surface area (Å²) in [6.07, 6.45) is 0.0849. The van der Waals surface area contributed by atoms with Crippen molar-refractivity contribution < 1.29 is 19.1 Å². The molecule has 0 radical (unpaired) electrons. The van der Waals surface area contributed by atoms with Crippen LogP contribution in [0.1, 0.15) is 33.9 Å². The molecule has 0 aliphatic carbocycles. The lowest BCUT2D eigenvalue weighted by Crippen LogP contribution is -2.29. The minimum Gasteiger partial charge on any atom is -0.497 e. The highest BCUT2D eigenvalue weighted by molar-refractivity contribution is 6.11. The van der Waals surface area contributed by atoms with Crippen molar-refractivity contribution in [3.8, 4) is 5.75 Å². The van der Waals surface area contributed by atoms with E-state index in [4.69, 9.17) is 9.47 Å². The number of anilines is 1. The van der Waals surface area contributed by atoms with E-state index in [9.17, 15) is 9.59 Å². The Labute approximate surface area is 169 Å². The number of amides is 1. The van der Waals surface area contributed by atoms with Gasteiger partial charge in [0.2, 0.25) is 0 Å². The Morgan fingerprint density at radius 2 is 1.62 bits per heavy atom. The van der Waals surface area contributed by atoms with Crippen LogP contribution in [0, 0.1) is 0 Å². The van der Waals surface area contributed by atoms with Crippen LogP contribution >= 0.6 is 0 Å². The van der Waals surface area contributed by atoms with E-state index in [0.29, 0.717) is 17.0 Å². The first kappa shape index (κ1) is 18.7. The van der Waals surface area contributed by atoms with Gasteiger partial charge in [-0.2, -0.15) is 0 Å². The lowest BCUT2D eigenvalue weighted by Gasteiger charge is -2.25. The third-order valence-corrected chi connectivity index (χ3v) is 5.03. The number of fused-ring (bicyclic) bond motifs is 1. The summed E-state index contributed by atoms with van der Waals surface area (Å²) in [7, 11) is 1.59. The summed E-state index contributed by atoms with van der Waals surface area (Å²) in [5.74, 6) is 0.241. The summed E-state index contributed by atoms with van der Waals surface area (Å²) in [6, 6.07) is 23.8. The molecule has 1 aliphatic rings. The molecule has 29 heavy (non-hydrogen) atoms. The molecule has 1 aliphatic heterocycles. The molecule has 3 aromatic rings. The first-order chi connectivity index (χ1) is 14.2. The fourth-order valence-electron chi connectivity index (χ4n) is 3.59. The molecule has 5 nitrogen and oxygen atoms in total. The van der Waals surface area contributed by atoms with E-state index in [2.05, 4.69) is 0 Å². The first-order valence-corrected chi connectivity index (χ1v) is 9.43. The highest BCUT2D eigenvalue weighted by Gasteiger charge is 2.38. The van der Waals surface area contributed by atoms with Gasteiger partial charge in [0.15, 0.2) is 0 Å². The molecule has 1 atom stereocenters. The molecule has 1 unspecified atom stereocenters. The molecule has 3 aromatic carbocycles. The maximum atomic E-state index is 13.1. The number of ether oxygens (including phenoxy) is 2. The zero-order valence-electron chi connectivity index (χ0n) is 16.1. The lowest BCUT2D eigenvalue weighted by molar-refractivity contribution is -0.145. The van der Waals surface area contributed by atoms with Crippen molar-refractivity contribution in [3.05, 3.63) is 95.6 Å². The molecule has 0 fully saturated rings. The van der Waals surface area contributed by atoms with Crippen molar-refractivity contribution in [1.82, 2.24) is 0 Å². The van der Waals surface area contributed by atoms with Crippen molar-refractivity contribution in [1.29, 1.82) is 0 Å². The molecule has 0 spiro atoms. The van der Waals surface area contributed by atoms with Gasteiger partial charge in [-0.3, -0.25) is 9.59 Å². The topological polar surface area (TPSA) is 55.8 Å². The van der Waals surface area contributed by atoms with Gasteiger partial charge in [-0.25, -0.2) is 0 Å². The number of rotatable bonds is 6. The first-order valence-electron chi connectivity index (χ1n) is 9.43. The molecule has 1 amide bonds. The predicted octanol–water partition coefficient (Wildman–Crippen LogP) is 4.53. The van der Waals surface area contributed by atoms with Gasteiger partial charge in [0.05, 0.1) is 19.6 Å². The van der Waals surface area contributed by atoms with Gasteiger partial charge in [-0.05, 0) is 41.5 Å². The summed E-state index contributed by atoms with van der Waals surface area (Å²) < 4.78 is 10.7. The van der Waals surface area contributed by atoms with Crippen LogP contribution in [-0.2, 0) is 16.1 Å². The van der Waals surface area contributed by atoms with Gasteiger partial charge >= 0.3 is 5.97 Å². The van der Waals surface area contributed by atoms with Crippen molar-refractivity contribution in [2.45, 2.75) is 19.1 Å². The quantitative estimate of drug-likeness (QED) is 0.583. The predicted molar refractivity (Wildman–Crippen MR) is 110 cm³/mol. The average molecular weight is 387 g/mol. The molecular weight excluding hydrogens is 366 g/mol. The zero-order chi connectivity index (χ0) is 20.2. The van der Waals surface area contributed by atoms with Crippen molar-refractivity contribution >= 4 is 17.6 Å². The van der Waals surface area contributed by atoms with Crippen LogP contribution < -0.4 is 9.64 Å². The van der Waals surface area contributed by atoms with E-state index >= 15 is 0 Å². The molecule has 0 bridgehead atoms. The van der Waals surface area contributed by atoms with E-state index in [0.717, 1.165) is 11.1 Å². The minimum atomic E-state index is -0.407. The Morgan fingerprint density at radius 3 is 2.34 bits per heavy atom. The molecule has 0 aromatic heterocycles. The smallest absolute Gasteiger partial charge is 0.308 e. The summed E-state index contributed by atoms with van der Waals surface area (Å²) in [4.78, 5) is 27.3. The Morgan fingerprint density at radius 1 is 0.931 bits per heavy atom. The molecular formula is C24H21NO4. The van der Waals surface area contributed by atoms with Crippen molar-refractivity contribution in [2.24, 2.45) is 0 Å². The third kappa shape index (κ3) is 3.85. The number of carbonyl (C=O) groups excluding carboxylic acids is 2. The van der Waals surface area contributed by atoms with Crippen LogP contribution in [0.3, 0.4) is 0 Å². The normalized spacial score (nSPS) is 15.1. The number of benzene rings is 3. The van der Waals surface area contributed by atoms with E-state index in [1.807, 2.05) is 60.7 Å². The highest BCUT2D eigenvalue weighted by Crippen LogP contribution is 2.40. The Balaban J connectivity index is 1.57. The maximum Gasteiger partial charge on any atom is 0.308 e. The highest BCUT2D eigenvalue weighted by atomic mass is 16.5. The van der Waals surface area contributed by atoms with Gasteiger partial charge < -0.3 is 14.4 Å². The Hall–Kier alpha value is -3.60. The second-order valence-corrected chi connectivity index (χ2v) is 6.83. The standard InChI is InChI=1S/C24H21NO4/c1-28-19-13-11-18(12-14-19)25-22(20-9-5-6-10-21(20)24(25)27)15-23(26)29-16-17-7-3-2-4-8-17/h2-14,22H,15-16H2,1H3. The van der Waals surface area contributed by atoms with Gasteiger partial charge in [0, 0.05) is 11.3 Å². The summed E-state index contributed by atoms with van der Waals surface area (Å²) >= 11 is 0. The second-order valence-electron chi connectivity index (χ2n) is 6.83. The van der Waals surface area contributed by atoms with Crippen LogP contribution in [0.15, 0.2) is 78.9 Å². The van der Waals surface area contributed by atoms with Crippen molar-refractivity contribution in [3.63, 3.8) is 0 Å².